The van der Waals surface area contributed by atoms with Gasteiger partial charge in [0.1, 0.15) is 5.75 Å². The normalized spacial score (nSPS) is 11.9. The minimum absolute atomic E-state index is 0.164. The zero-order valence-electron chi connectivity index (χ0n) is 11.8. The van der Waals surface area contributed by atoms with E-state index in [2.05, 4.69) is 10.3 Å². The van der Waals surface area contributed by atoms with Crippen molar-refractivity contribution in [3.8, 4) is 5.75 Å². The number of anilines is 1. The van der Waals surface area contributed by atoms with E-state index in [1.807, 2.05) is 44.4 Å². The molecule has 0 saturated carbocycles. The Balaban J connectivity index is 2.08. The summed E-state index contributed by atoms with van der Waals surface area (Å²) >= 11 is 1.39. The molecule has 4 nitrogen and oxygen atoms in total. The number of nitrogens with one attached hydrogen (secondary N) is 1. The molecule has 0 aliphatic heterocycles. The van der Waals surface area contributed by atoms with Crippen molar-refractivity contribution < 1.29 is 9.53 Å². The summed E-state index contributed by atoms with van der Waals surface area (Å²) in [4.78, 5) is 16.2. The van der Waals surface area contributed by atoms with Crippen molar-refractivity contribution in [2.45, 2.75) is 33.3 Å². The summed E-state index contributed by atoms with van der Waals surface area (Å²) in [6.07, 6.45) is 1.75. The molecule has 2 rings (SSSR count). The monoisotopic (exact) mass is 290 g/mol. The molecule has 1 aromatic heterocycles. The van der Waals surface area contributed by atoms with Gasteiger partial charge in [-0.2, -0.15) is 0 Å². The fourth-order valence-corrected chi connectivity index (χ4v) is 2.31. The number of nitrogens with zero attached hydrogens (tertiary/aromatic N) is 1. The zero-order valence-corrected chi connectivity index (χ0v) is 12.7. The second-order valence-electron chi connectivity index (χ2n) is 4.61. The molecule has 0 saturated heterocycles. The maximum absolute atomic E-state index is 12.2. The molecule has 2 aromatic rings. The highest BCUT2D eigenvalue weighted by Crippen LogP contribution is 2.22. The van der Waals surface area contributed by atoms with Crippen molar-refractivity contribution in [3.05, 3.63) is 40.9 Å². The van der Waals surface area contributed by atoms with Gasteiger partial charge in [-0.15, -0.1) is 11.3 Å². The summed E-state index contributed by atoms with van der Waals surface area (Å²) in [7, 11) is 0. The van der Waals surface area contributed by atoms with E-state index in [0.29, 0.717) is 11.6 Å². The van der Waals surface area contributed by atoms with Gasteiger partial charge in [0.05, 0.1) is 0 Å². The van der Waals surface area contributed by atoms with E-state index in [-0.39, 0.29) is 5.91 Å². The second-order valence-corrected chi connectivity index (χ2v) is 5.50. The Hall–Kier alpha value is -1.88. The predicted molar refractivity (Wildman–Crippen MR) is 81.4 cm³/mol. The van der Waals surface area contributed by atoms with E-state index in [0.717, 1.165) is 16.9 Å². The summed E-state index contributed by atoms with van der Waals surface area (Å²) in [6.45, 7) is 5.90. The summed E-state index contributed by atoms with van der Waals surface area (Å²) in [6, 6.07) is 5.98. The van der Waals surface area contributed by atoms with Gasteiger partial charge < -0.3 is 4.74 Å². The van der Waals surface area contributed by atoms with Gasteiger partial charge in [-0.1, -0.05) is 19.1 Å². The van der Waals surface area contributed by atoms with E-state index in [1.165, 1.54) is 11.3 Å². The quantitative estimate of drug-likeness (QED) is 0.916. The third kappa shape index (κ3) is 3.57. The Morgan fingerprint density at radius 1 is 1.45 bits per heavy atom. The number of carbonyl (C=O) groups is 1. The Morgan fingerprint density at radius 2 is 2.25 bits per heavy atom. The third-order valence-corrected chi connectivity index (χ3v) is 3.63. The number of thiazole rings is 1. The maximum atomic E-state index is 12.2. The Morgan fingerprint density at radius 3 is 2.90 bits per heavy atom. The standard InChI is InChI=1S/C15H18N2O2S/c1-4-12(14(18)17-15-16-7-8-20-15)19-13-9-10(2)5-6-11(13)3/h5-9,12H,4H2,1-3H3,(H,16,17,18)/t12-/m0/s1. The molecule has 0 radical (unpaired) electrons. The van der Waals surface area contributed by atoms with Gasteiger partial charge in [-0.3, -0.25) is 10.1 Å². The van der Waals surface area contributed by atoms with E-state index >= 15 is 0 Å². The SMILES string of the molecule is CC[C@H](Oc1cc(C)ccc1C)C(=O)Nc1nccs1. The third-order valence-electron chi connectivity index (χ3n) is 2.94. The van der Waals surface area contributed by atoms with Gasteiger partial charge in [-0.05, 0) is 37.5 Å². The highest BCUT2D eigenvalue weighted by molar-refractivity contribution is 7.13. The van der Waals surface area contributed by atoms with E-state index in [9.17, 15) is 4.79 Å². The molecule has 0 aliphatic carbocycles. The molecule has 1 amide bonds. The number of hydrogen-bond acceptors (Lipinski definition) is 4. The first kappa shape index (κ1) is 14.5. The van der Waals surface area contributed by atoms with Crippen LogP contribution in [0.4, 0.5) is 5.13 Å². The van der Waals surface area contributed by atoms with Crippen molar-refractivity contribution in [3.63, 3.8) is 0 Å². The van der Waals surface area contributed by atoms with Crippen LogP contribution in [0.2, 0.25) is 0 Å². The van der Waals surface area contributed by atoms with Crippen LogP contribution in [-0.2, 0) is 4.79 Å². The maximum Gasteiger partial charge on any atom is 0.267 e. The molecule has 0 unspecified atom stereocenters. The molecule has 5 heteroatoms. The van der Waals surface area contributed by atoms with Crippen LogP contribution in [0.3, 0.4) is 0 Å². The number of ether oxygens (including phenoxy) is 1. The van der Waals surface area contributed by atoms with Crippen LogP contribution >= 0.6 is 11.3 Å². The molecule has 1 N–H and O–H groups in total. The number of rotatable bonds is 5. The number of amides is 1. The van der Waals surface area contributed by atoms with Crippen LogP contribution in [0, 0.1) is 13.8 Å². The smallest absolute Gasteiger partial charge is 0.267 e. The first-order chi connectivity index (χ1) is 9.60. The fraction of sp³-hybridized carbons (Fsp3) is 0.333. The predicted octanol–water partition coefficient (Wildman–Crippen LogP) is 3.56. The molecule has 0 spiro atoms. The van der Waals surface area contributed by atoms with Crippen LogP contribution in [0.5, 0.6) is 5.75 Å². The average Bonchev–Trinajstić information content (AvgIpc) is 2.92. The van der Waals surface area contributed by atoms with Gasteiger partial charge in [-0.25, -0.2) is 4.98 Å². The van der Waals surface area contributed by atoms with Gasteiger partial charge in [0.15, 0.2) is 11.2 Å². The molecule has 20 heavy (non-hydrogen) atoms. The molecular weight excluding hydrogens is 272 g/mol. The first-order valence-corrected chi connectivity index (χ1v) is 7.42. The number of benzene rings is 1. The number of aromatic nitrogens is 1. The van der Waals surface area contributed by atoms with Crippen molar-refractivity contribution >= 4 is 22.4 Å². The van der Waals surface area contributed by atoms with Crippen LogP contribution < -0.4 is 10.1 Å². The van der Waals surface area contributed by atoms with E-state index in [4.69, 9.17) is 4.74 Å². The molecule has 0 aliphatic rings. The topological polar surface area (TPSA) is 51.2 Å². The van der Waals surface area contributed by atoms with Crippen LogP contribution in [-0.4, -0.2) is 17.0 Å². The van der Waals surface area contributed by atoms with Gasteiger partial charge in [0.25, 0.3) is 5.91 Å². The first-order valence-electron chi connectivity index (χ1n) is 6.54. The highest BCUT2D eigenvalue weighted by Gasteiger charge is 2.20. The average molecular weight is 290 g/mol. The molecule has 0 fully saturated rings. The number of aryl methyl sites for hydroxylation is 2. The molecule has 1 aromatic carbocycles. The Labute approximate surface area is 122 Å². The van der Waals surface area contributed by atoms with Gasteiger partial charge >= 0.3 is 0 Å². The number of carbonyl (C=O) groups excluding carboxylic acids is 1. The van der Waals surface area contributed by atoms with E-state index in [1.54, 1.807) is 6.20 Å². The lowest BCUT2D eigenvalue weighted by molar-refractivity contribution is -0.122. The van der Waals surface area contributed by atoms with Crippen LogP contribution in [0.1, 0.15) is 24.5 Å². The minimum atomic E-state index is -0.514. The number of hydrogen-bond donors (Lipinski definition) is 1. The molecule has 106 valence electrons. The van der Waals surface area contributed by atoms with Crippen molar-refractivity contribution in [2.24, 2.45) is 0 Å². The van der Waals surface area contributed by atoms with Crippen LogP contribution in [0.15, 0.2) is 29.8 Å². The second kappa shape index (κ2) is 6.52. The van der Waals surface area contributed by atoms with Gasteiger partial charge in [0, 0.05) is 11.6 Å². The largest absolute Gasteiger partial charge is 0.480 e. The lowest BCUT2D eigenvalue weighted by atomic mass is 10.1. The fourth-order valence-electron chi connectivity index (χ4n) is 1.78. The summed E-state index contributed by atoms with van der Waals surface area (Å²) in [5.74, 6) is 0.592. The molecule has 1 heterocycles. The van der Waals surface area contributed by atoms with Crippen molar-refractivity contribution in [1.82, 2.24) is 4.98 Å². The van der Waals surface area contributed by atoms with Crippen molar-refractivity contribution in [2.75, 3.05) is 5.32 Å². The van der Waals surface area contributed by atoms with E-state index < -0.39 is 6.10 Å². The zero-order chi connectivity index (χ0) is 14.5. The lowest BCUT2D eigenvalue weighted by Crippen LogP contribution is -2.32. The lowest BCUT2D eigenvalue weighted by Gasteiger charge is -2.18. The Bertz CT molecular complexity index is 582. The van der Waals surface area contributed by atoms with Gasteiger partial charge in [0.2, 0.25) is 0 Å². The molecule has 1 atom stereocenters. The summed E-state index contributed by atoms with van der Waals surface area (Å²) < 4.78 is 5.85. The summed E-state index contributed by atoms with van der Waals surface area (Å²) in [5, 5.41) is 5.19. The summed E-state index contributed by atoms with van der Waals surface area (Å²) in [5.41, 5.74) is 2.14. The molecule has 0 bridgehead atoms. The van der Waals surface area contributed by atoms with Crippen LogP contribution in [0.25, 0.3) is 0 Å². The molecular formula is C15H18N2O2S. The van der Waals surface area contributed by atoms with Crippen molar-refractivity contribution in [1.29, 1.82) is 0 Å². The Kier molecular flexibility index (Phi) is 4.74. The highest BCUT2D eigenvalue weighted by atomic mass is 32.1. The minimum Gasteiger partial charge on any atom is -0.480 e.